The molecule has 1 aromatic rings. The number of amides is 1. The third-order valence-corrected chi connectivity index (χ3v) is 3.55. The van der Waals surface area contributed by atoms with Crippen molar-refractivity contribution in [2.45, 2.75) is 12.2 Å². The van der Waals surface area contributed by atoms with E-state index in [1.807, 2.05) is 0 Å². The van der Waals surface area contributed by atoms with Gasteiger partial charge in [-0.3, -0.25) is 0 Å². The zero-order valence-electron chi connectivity index (χ0n) is 9.70. The molecule has 1 heterocycles. The number of nitrogens with one attached hydrogen (secondary N) is 1. The van der Waals surface area contributed by atoms with Gasteiger partial charge in [0.1, 0.15) is 5.75 Å². The molecule has 1 aromatic carbocycles. The average Bonchev–Trinajstić information content (AvgIpc) is 2.82. The maximum Gasteiger partial charge on any atom is 0.439 e. The normalized spacial score (nSPS) is 15.7. The Morgan fingerprint density at radius 3 is 2.67 bits per heavy atom. The minimum atomic E-state index is -3.90. The van der Waals surface area contributed by atoms with E-state index in [1.54, 1.807) is 30.3 Å². The van der Waals surface area contributed by atoms with Crippen LogP contribution in [0.3, 0.4) is 0 Å². The lowest BCUT2D eigenvalue weighted by Crippen LogP contribution is -2.38. The molecule has 6 nitrogen and oxygen atoms in total. The molecule has 0 saturated carbocycles. The molecule has 1 aliphatic rings. The summed E-state index contributed by atoms with van der Waals surface area (Å²) in [6.45, 7) is 1.10. The maximum absolute atomic E-state index is 11.7. The summed E-state index contributed by atoms with van der Waals surface area (Å²) in [7, 11) is -3.90. The van der Waals surface area contributed by atoms with Crippen LogP contribution in [0.2, 0.25) is 0 Å². The van der Waals surface area contributed by atoms with E-state index in [-0.39, 0.29) is 5.75 Å². The first-order valence-electron chi connectivity index (χ1n) is 5.58. The molecule has 0 bridgehead atoms. The molecule has 1 aliphatic heterocycles. The number of hydrogen-bond acceptors (Lipinski definition) is 5. The number of hydrogen-bond donors (Lipinski definition) is 1. The molecule has 7 heteroatoms. The molecule has 1 saturated heterocycles. The van der Waals surface area contributed by atoms with Crippen LogP contribution in [-0.4, -0.2) is 32.6 Å². The van der Waals surface area contributed by atoms with Gasteiger partial charge in [-0.25, -0.2) is 15.2 Å². The molecule has 2 rings (SSSR count). The van der Waals surface area contributed by atoms with Gasteiger partial charge in [-0.05, 0) is 12.0 Å². The first kappa shape index (κ1) is 12.8. The predicted octanol–water partition coefficient (Wildman–Crippen LogP) is 0.863. The van der Waals surface area contributed by atoms with Crippen LogP contribution in [0.1, 0.15) is 12.0 Å². The molecular weight excluding hydrogens is 256 g/mol. The van der Waals surface area contributed by atoms with E-state index in [0.717, 1.165) is 6.42 Å². The van der Waals surface area contributed by atoms with Crippen LogP contribution < -0.4 is 5.43 Å². The summed E-state index contributed by atoms with van der Waals surface area (Å²) in [5.41, 5.74) is 3.32. The minimum Gasteiger partial charge on any atom is -0.327 e. The largest absolute Gasteiger partial charge is 0.439 e. The highest BCUT2D eigenvalue weighted by molar-refractivity contribution is 7.86. The number of rotatable bonds is 3. The van der Waals surface area contributed by atoms with Gasteiger partial charge in [0.2, 0.25) is 0 Å². The highest BCUT2D eigenvalue weighted by Crippen LogP contribution is 2.09. The van der Waals surface area contributed by atoms with Gasteiger partial charge >= 0.3 is 16.2 Å². The fraction of sp³-hybridized carbons (Fsp3) is 0.364. The zero-order valence-corrected chi connectivity index (χ0v) is 10.5. The molecular formula is C11H14N2O4S. The van der Waals surface area contributed by atoms with Crippen LogP contribution in [0, 0.1) is 0 Å². The lowest BCUT2D eigenvalue weighted by atomic mass is 10.2. The second-order valence-electron chi connectivity index (χ2n) is 3.95. The molecule has 0 unspecified atom stereocenters. The Hall–Kier alpha value is -1.60. The first-order valence-corrected chi connectivity index (χ1v) is 7.16. The van der Waals surface area contributed by atoms with Crippen molar-refractivity contribution in [3.63, 3.8) is 0 Å². The van der Waals surface area contributed by atoms with Crippen molar-refractivity contribution in [3.8, 4) is 0 Å². The van der Waals surface area contributed by atoms with Gasteiger partial charge in [0.25, 0.3) is 0 Å². The topological polar surface area (TPSA) is 75.7 Å². The van der Waals surface area contributed by atoms with Crippen LogP contribution in [0.4, 0.5) is 4.79 Å². The van der Waals surface area contributed by atoms with Gasteiger partial charge in [-0.1, -0.05) is 30.3 Å². The Balaban J connectivity index is 1.97. The third-order valence-electron chi connectivity index (χ3n) is 2.47. The smallest absolute Gasteiger partial charge is 0.327 e. The number of carbonyl (C=O) groups is 1. The van der Waals surface area contributed by atoms with E-state index < -0.39 is 16.2 Å². The molecule has 0 atom stereocenters. The van der Waals surface area contributed by atoms with Gasteiger partial charge in [0, 0.05) is 13.1 Å². The van der Waals surface area contributed by atoms with Crippen LogP contribution in [0.5, 0.6) is 0 Å². The summed E-state index contributed by atoms with van der Waals surface area (Å²) in [6.07, 6.45) is -0.0863. The monoisotopic (exact) mass is 270 g/mol. The van der Waals surface area contributed by atoms with Gasteiger partial charge in [0.05, 0.1) is 0 Å². The van der Waals surface area contributed by atoms with Crippen LogP contribution in [-0.2, 0) is 20.1 Å². The highest BCUT2D eigenvalue weighted by Gasteiger charge is 2.25. The Kier molecular flexibility index (Phi) is 3.83. The summed E-state index contributed by atoms with van der Waals surface area (Å²) in [4.78, 5) is 11.5. The second-order valence-corrected chi connectivity index (χ2v) is 5.52. The Bertz CT molecular complexity index is 509. The third kappa shape index (κ3) is 3.44. The first-order chi connectivity index (χ1) is 8.57. The molecule has 0 aliphatic carbocycles. The molecule has 98 valence electrons. The highest BCUT2D eigenvalue weighted by atomic mass is 32.2. The number of benzene rings is 1. The van der Waals surface area contributed by atoms with E-state index in [0.29, 0.717) is 18.7 Å². The lowest BCUT2D eigenvalue weighted by Gasteiger charge is -2.14. The number of carbonyl (C=O) groups excluding carboxylic acids is 1. The van der Waals surface area contributed by atoms with Gasteiger partial charge in [-0.2, -0.15) is 8.42 Å². The van der Waals surface area contributed by atoms with Gasteiger partial charge in [0.15, 0.2) is 0 Å². The van der Waals surface area contributed by atoms with Crippen LogP contribution in [0.25, 0.3) is 0 Å². The number of hydrazine groups is 1. The number of nitrogens with zero attached hydrogens (tertiary/aromatic N) is 1. The van der Waals surface area contributed by atoms with Crippen molar-refractivity contribution in [3.05, 3.63) is 35.9 Å². The molecule has 18 heavy (non-hydrogen) atoms. The van der Waals surface area contributed by atoms with Crippen LogP contribution >= 0.6 is 0 Å². The van der Waals surface area contributed by atoms with Crippen molar-refractivity contribution in [2.75, 3.05) is 13.1 Å². The molecule has 0 aromatic heterocycles. The molecule has 1 N–H and O–H groups in total. The second kappa shape index (κ2) is 5.36. The van der Waals surface area contributed by atoms with E-state index in [1.165, 1.54) is 5.01 Å². The summed E-state index contributed by atoms with van der Waals surface area (Å²) >= 11 is 0. The fourth-order valence-corrected chi connectivity index (χ4v) is 2.61. The van der Waals surface area contributed by atoms with Crippen molar-refractivity contribution in [2.24, 2.45) is 0 Å². The lowest BCUT2D eigenvalue weighted by molar-refractivity contribution is 0.147. The van der Waals surface area contributed by atoms with Gasteiger partial charge < -0.3 is 4.18 Å². The average molecular weight is 270 g/mol. The Labute approximate surface area is 106 Å². The predicted molar refractivity (Wildman–Crippen MR) is 64.9 cm³/mol. The molecule has 1 amide bonds. The SMILES string of the molecule is O=C(OS(=O)(=O)Cc1ccccc1)N1CCCN1. The quantitative estimate of drug-likeness (QED) is 0.825. The van der Waals surface area contributed by atoms with Gasteiger partial charge in [-0.15, -0.1) is 0 Å². The fourth-order valence-electron chi connectivity index (χ4n) is 1.65. The van der Waals surface area contributed by atoms with Crippen LogP contribution in [0.15, 0.2) is 30.3 Å². The van der Waals surface area contributed by atoms with E-state index in [4.69, 9.17) is 0 Å². The van der Waals surface area contributed by atoms with Crippen molar-refractivity contribution < 1.29 is 17.4 Å². The maximum atomic E-state index is 11.7. The van der Waals surface area contributed by atoms with Crippen molar-refractivity contribution in [1.82, 2.24) is 10.4 Å². The Morgan fingerprint density at radius 1 is 1.33 bits per heavy atom. The van der Waals surface area contributed by atoms with E-state index >= 15 is 0 Å². The molecule has 0 radical (unpaired) electrons. The summed E-state index contributed by atoms with van der Waals surface area (Å²) in [6, 6.07) is 8.58. The molecule has 0 spiro atoms. The zero-order chi connectivity index (χ0) is 13.0. The summed E-state index contributed by atoms with van der Waals surface area (Å²) in [5, 5.41) is 1.17. The van der Waals surface area contributed by atoms with Crippen molar-refractivity contribution >= 4 is 16.2 Å². The van der Waals surface area contributed by atoms with E-state index in [2.05, 4.69) is 9.61 Å². The standard InChI is InChI=1S/C11H14N2O4S/c14-11(13-8-4-7-12-13)17-18(15,16)9-10-5-2-1-3-6-10/h1-3,5-6,12H,4,7-9H2. The molecule has 1 fully saturated rings. The van der Waals surface area contributed by atoms with E-state index in [9.17, 15) is 13.2 Å². The Morgan fingerprint density at radius 2 is 2.06 bits per heavy atom. The summed E-state index contributed by atoms with van der Waals surface area (Å²) < 4.78 is 27.9. The van der Waals surface area contributed by atoms with Crippen molar-refractivity contribution in [1.29, 1.82) is 0 Å². The minimum absolute atomic E-state index is 0.312. The summed E-state index contributed by atoms with van der Waals surface area (Å²) in [5.74, 6) is -0.312.